The van der Waals surface area contributed by atoms with E-state index in [1.54, 1.807) is 0 Å². The molecule has 1 heterocycles. The highest BCUT2D eigenvalue weighted by Crippen LogP contribution is 2.38. The van der Waals surface area contributed by atoms with Crippen molar-refractivity contribution in [3.05, 3.63) is 0 Å². The monoisotopic (exact) mass is 191 g/mol. The minimum absolute atomic E-state index is 0.0620. The van der Waals surface area contributed by atoms with Gasteiger partial charge in [-0.15, -0.1) is 0 Å². The van der Waals surface area contributed by atoms with Crippen LogP contribution in [0.25, 0.3) is 0 Å². The van der Waals surface area contributed by atoms with E-state index in [2.05, 4.69) is 0 Å². The van der Waals surface area contributed by atoms with Crippen LogP contribution in [0.4, 0.5) is 8.78 Å². The van der Waals surface area contributed by atoms with Crippen molar-refractivity contribution in [2.24, 2.45) is 11.8 Å². The third-order valence-corrected chi connectivity index (χ3v) is 2.92. The summed E-state index contributed by atoms with van der Waals surface area (Å²) in [5.74, 6) is -2.88. The van der Waals surface area contributed by atoms with E-state index in [1.807, 2.05) is 32.6 Å². The first-order chi connectivity index (χ1) is 5.84. The lowest BCUT2D eigenvalue weighted by Crippen LogP contribution is -2.31. The summed E-state index contributed by atoms with van der Waals surface area (Å²) in [6, 6.07) is 0.231. The average molecular weight is 191 g/mol. The SMILES string of the molecule is CC(C)[C@@H]1CN(C(C)C)CC1(F)F. The van der Waals surface area contributed by atoms with Gasteiger partial charge in [0.2, 0.25) is 0 Å². The number of hydrogen-bond acceptors (Lipinski definition) is 1. The van der Waals surface area contributed by atoms with Gasteiger partial charge in [0.05, 0.1) is 6.54 Å². The van der Waals surface area contributed by atoms with Gasteiger partial charge in [-0.25, -0.2) is 8.78 Å². The summed E-state index contributed by atoms with van der Waals surface area (Å²) < 4.78 is 26.9. The van der Waals surface area contributed by atoms with Gasteiger partial charge in [-0.1, -0.05) is 13.8 Å². The molecule has 1 aliphatic heterocycles. The van der Waals surface area contributed by atoms with Crippen LogP contribution < -0.4 is 0 Å². The quantitative estimate of drug-likeness (QED) is 0.648. The van der Waals surface area contributed by atoms with Crippen molar-refractivity contribution in [1.82, 2.24) is 4.90 Å². The molecule has 0 amide bonds. The number of likely N-dealkylation sites (tertiary alicyclic amines) is 1. The summed E-state index contributed by atoms with van der Waals surface area (Å²) in [5, 5.41) is 0. The van der Waals surface area contributed by atoms with Crippen LogP contribution >= 0.6 is 0 Å². The predicted molar refractivity (Wildman–Crippen MR) is 50.0 cm³/mol. The summed E-state index contributed by atoms with van der Waals surface area (Å²) in [7, 11) is 0. The molecule has 13 heavy (non-hydrogen) atoms. The average Bonchev–Trinajstić information content (AvgIpc) is 2.25. The van der Waals surface area contributed by atoms with Crippen LogP contribution in [-0.2, 0) is 0 Å². The molecule has 1 fully saturated rings. The van der Waals surface area contributed by atoms with E-state index in [4.69, 9.17) is 0 Å². The second kappa shape index (κ2) is 3.52. The molecule has 3 heteroatoms. The van der Waals surface area contributed by atoms with Gasteiger partial charge in [0.25, 0.3) is 5.92 Å². The molecule has 0 radical (unpaired) electrons. The van der Waals surface area contributed by atoms with Gasteiger partial charge in [-0.3, -0.25) is 4.90 Å². The highest BCUT2D eigenvalue weighted by atomic mass is 19.3. The Morgan fingerprint density at radius 1 is 1.23 bits per heavy atom. The standard InChI is InChI=1S/C10H19F2N/c1-7(2)9-5-13(8(3)4)6-10(9,11)12/h7-9H,5-6H2,1-4H3/t9-/m0/s1. The van der Waals surface area contributed by atoms with Crippen LogP contribution in [0.3, 0.4) is 0 Å². The predicted octanol–water partition coefficient (Wildman–Crippen LogP) is 2.62. The molecule has 1 nitrogen and oxygen atoms in total. The van der Waals surface area contributed by atoms with E-state index >= 15 is 0 Å². The lowest BCUT2D eigenvalue weighted by Gasteiger charge is -2.20. The van der Waals surface area contributed by atoms with Crippen molar-refractivity contribution in [2.75, 3.05) is 13.1 Å². The summed E-state index contributed by atoms with van der Waals surface area (Å²) in [5.41, 5.74) is 0. The Bertz CT molecular complexity index is 178. The first-order valence-corrected chi connectivity index (χ1v) is 4.96. The van der Waals surface area contributed by atoms with E-state index in [-0.39, 0.29) is 18.5 Å². The highest BCUT2D eigenvalue weighted by molar-refractivity contribution is 4.92. The molecule has 0 bridgehead atoms. The van der Waals surface area contributed by atoms with E-state index in [0.29, 0.717) is 6.54 Å². The molecule has 0 spiro atoms. The Hall–Kier alpha value is -0.180. The van der Waals surface area contributed by atoms with Gasteiger partial charge < -0.3 is 0 Å². The van der Waals surface area contributed by atoms with E-state index in [1.165, 1.54) is 0 Å². The van der Waals surface area contributed by atoms with Crippen molar-refractivity contribution in [3.63, 3.8) is 0 Å². The fraction of sp³-hybridized carbons (Fsp3) is 1.00. The minimum Gasteiger partial charge on any atom is -0.295 e. The molecule has 1 atom stereocenters. The largest absolute Gasteiger partial charge is 0.295 e. The minimum atomic E-state index is -2.49. The molecule has 0 aliphatic carbocycles. The molecule has 0 saturated carbocycles. The Labute approximate surface area is 79.1 Å². The topological polar surface area (TPSA) is 3.24 Å². The third-order valence-electron chi connectivity index (χ3n) is 2.92. The van der Waals surface area contributed by atoms with Crippen molar-refractivity contribution in [1.29, 1.82) is 0 Å². The first-order valence-electron chi connectivity index (χ1n) is 4.96. The van der Waals surface area contributed by atoms with Crippen molar-refractivity contribution < 1.29 is 8.78 Å². The van der Waals surface area contributed by atoms with Gasteiger partial charge in [-0.2, -0.15) is 0 Å². The highest BCUT2D eigenvalue weighted by Gasteiger charge is 2.49. The summed E-state index contributed by atoms with van der Waals surface area (Å²) >= 11 is 0. The molecule has 0 N–H and O–H groups in total. The van der Waals surface area contributed by atoms with Crippen LogP contribution in [0.2, 0.25) is 0 Å². The molecule has 1 aliphatic rings. The molecular formula is C10H19F2N. The Kier molecular flexibility index (Phi) is 2.95. The van der Waals surface area contributed by atoms with Crippen molar-refractivity contribution >= 4 is 0 Å². The van der Waals surface area contributed by atoms with E-state index in [9.17, 15) is 8.78 Å². The number of halogens is 2. The fourth-order valence-corrected chi connectivity index (χ4v) is 1.93. The second-order valence-electron chi connectivity index (χ2n) is 4.63. The normalized spacial score (nSPS) is 29.1. The number of rotatable bonds is 2. The van der Waals surface area contributed by atoms with Gasteiger partial charge in [-0.05, 0) is 19.8 Å². The molecular weight excluding hydrogens is 172 g/mol. The van der Waals surface area contributed by atoms with Crippen molar-refractivity contribution in [3.8, 4) is 0 Å². The zero-order valence-corrected chi connectivity index (χ0v) is 8.85. The fourth-order valence-electron chi connectivity index (χ4n) is 1.93. The van der Waals surface area contributed by atoms with Crippen molar-refractivity contribution in [2.45, 2.75) is 39.7 Å². The number of alkyl halides is 2. The summed E-state index contributed by atoms with van der Waals surface area (Å²) in [6.45, 7) is 8.18. The summed E-state index contributed by atoms with van der Waals surface area (Å²) in [4.78, 5) is 1.87. The van der Waals surface area contributed by atoms with Crippen LogP contribution in [0.15, 0.2) is 0 Å². The van der Waals surface area contributed by atoms with Crippen LogP contribution in [0.1, 0.15) is 27.7 Å². The Balaban J connectivity index is 2.68. The smallest absolute Gasteiger partial charge is 0.264 e. The van der Waals surface area contributed by atoms with Gasteiger partial charge in [0, 0.05) is 18.5 Å². The first kappa shape index (κ1) is 10.9. The number of hydrogen-bond donors (Lipinski definition) is 0. The molecule has 0 unspecified atom stereocenters. The van der Waals surface area contributed by atoms with Crippen LogP contribution in [0.5, 0.6) is 0 Å². The summed E-state index contributed by atoms with van der Waals surface area (Å²) in [6.07, 6.45) is 0. The Morgan fingerprint density at radius 3 is 2.00 bits per heavy atom. The van der Waals surface area contributed by atoms with Crippen LogP contribution in [0, 0.1) is 11.8 Å². The molecule has 0 aromatic carbocycles. The molecule has 1 rings (SSSR count). The molecule has 78 valence electrons. The van der Waals surface area contributed by atoms with Gasteiger partial charge in [0.15, 0.2) is 0 Å². The lowest BCUT2D eigenvalue weighted by molar-refractivity contribution is -0.0422. The van der Waals surface area contributed by atoms with E-state index in [0.717, 1.165) is 0 Å². The zero-order chi connectivity index (χ0) is 10.2. The third kappa shape index (κ3) is 2.19. The Morgan fingerprint density at radius 2 is 1.77 bits per heavy atom. The lowest BCUT2D eigenvalue weighted by atomic mass is 9.92. The van der Waals surface area contributed by atoms with Gasteiger partial charge in [0.1, 0.15) is 0 Å². The van der Waals surface area contributed by atoms with Crippen LogP contribution in [-0.4, -0.2) is 30.0 Å². The maximum atomic E-state index is 13.4. The maximum Gasteiger partial charge on any atom is 0.264 e. The zero-order valence-electron chi connectivity index (χ0n) is 8.85. The second-order valence-corrected chi connectivity index (χ2v) is 4.63. The molecule has 0 aromatic rings. The number of nitrogens with zero attached hydrogens (tertiary/aromatic N) is 1. The van der Waals surface area contributed by atoms with Gasteiger partial charge >= 0.3 is 0 Å². The van der Waals surface area contributed by atoms with E-state index < -0.39 is 11.8 Å². The maximum absolute atomic E-state index is 13.4. The molecule has 1 saturated heterocycles. The molecule has 0 aromatic heterocycles.